The topological polar surface area (TPSA) is 292 Å². The molecule has 0 aromatic carbocycles. The smallest absolute Gasteiger partial charge is 0.326 e. The summed E-state index contributed by atoms with van der Waals surface area (Å²) in [5.74, 6) is -6.95. The summed E-state index contributed by atoms with van der Waals surface area (Å²) in [6.07, 6.45) is -0.0798. The number of carbonyl (C=O) groups is 7. The molecule has 13 N–H and O–H groups in total. The van der Waals surface area contributed by atoms with Gasteiger partial charge in [-0.3, -0.25) is 28.8 Å². The van der Waals surface area contributed by atoms with Crippen LogP contribution >= 0.6 is 12.6 Å². The number of carboxylic acid groups (broad SMARTS) is 1. The van der Waals surface area contributed by atoms with Crippen LogP contribution in [0.3, 0.4) is 0 Å². The third-order valence-corrected chi connectivity index (χ3v) is 5.91. The van der Waals surface area contributed by atoms with E-state index in [-0.39, 0.29) is 24.5 Å². The molecule has 0 bridgehead atoms. The minimum absolute atomic E-state index is 0.0346. The highest BCUT2D eigenvalue weighted by molar-refractivity contribution is 7.80. The van der Waals surface area contributed by atoms with Gasteiger partial charge in [0.25, 0.3) is 0 Å². The first-order chi connectivity index (χ1) is 18.6. The molecular weight excluding hydrogens is 548 g/mol. The Morgan fingerprint density at radius 1 is 0.725 bits per heavy atom. The molecule has 6 amide bonds. The molecule has 0 rings (SSSR count). The van der Waals surface area contributed by atoms with Gasteiger partial charge in [0, 0.05) is 5.75 Å². The lowest BCUT2D eigenvalue weighted by Crippen LogP contribution is -2.59. The number of hydrogen-bond donors (Lipinski definition) is 10. The molecule has 40 heavy (non-hydrogen) atoms. The van der Waals surface area contributed by atoms with Crippen LogP contribution in [0.5, 0.6) is 0 Å². The van der Waals surface area contributed by atoms with Crippen molar-refractivity contribution in [3.8, 4) is 0 Å². The third kappa shape index (κ3) is 14.6. The lowest BCUT2D eigenvalue weighted by Gasteiger charge is -2.27. The summed E-state index contributed by atoms with van der Waals surface area (Å²) in [7, 11) is 0. The second-order valence-corrected chi connectivity index (χ2v) is 9.99. The van der Waals surface area contributed by atoms with Crippen LogP contribution in [0.2, 0.25) is 0 Å². The molecule has 0 aliphatic rings. The first kappa shape index (κ1) is 36.6. The van der Waals surface area contributed by atoms with E-state index in [0.29, 0.717) is 19.4 Å². The van der Waals surface area contributed by atoms with Gasteiger partial charge in [-0.05, 0) is 38.1 Å². The second-order valence-electron chi connectivity index (χ2n) is 9.63. The van der Waals surface area contributed by atoms with Crippen molar-refractivity contribution < 1.29 is 38.7 Å². The minimum Gasteiger partial charge on any atom is -0.480 e. The molecule has 0 aromatic rings. The molecule has 0 heterocycles. The number of amides is 6. The number of nitrogens with one attached hydrogen (secondary N) is 4. The van der Waals surface area contributed by atoms with Gasteiger partial charge in [-0.1, -0.05) is 13.8 Å². The number of thiol groups is 1. The fourth-order valence-electron chi connectivity index (χ4n) is 3.45. The molecule has 0 spiro atoms. The van der Waals surface area contributed by atoms with Gasteiger partial charge in [0.2, 0.25) is 35.4 Å². The molecule has 0 saturated heterocycles. The van der Waals surface area contributed by atoms with Crippen LogP contribution in [0, 0.1) is 5.92 Å². The quantitative estimate of drug-likeness (QED) is 0.0487. The Hall–Kier alpha value is -3.44. The highest BCUT2D eigenvalue weighted by Gasteiger charge is 2.33. The molecular formula is C23H42N8O8S. The normalized spacial score (nSPS) is 14.7. The highest BCUT2D eigenvalue weighted by Crippen LogP contribution is 2.09. The molecule has 5 atom stereocenters. The number of unbranched alkanes of at least 4 members (excludes halogenated alkanes) is 1. The summed E-state index contributed by atoms with van der Waals surface area (Å²) < 4.78 is 0. The van der Waals surface area contributed by atoms with Crippen molar-refractivity contribution in [2.75, 3.05) is 12.3 Å². The lowest BCUT2D eigenvalue weighted by molar-refractivity contribution is -0.144. The van der Waals surface area contributed by atoms with E-state index in [2.05, 4.69) is 28.6 Å². The largest absolute Gasteiger partial charge is 0.480 e. The first-order valence-corrected chi connectivity index (χ1v) is 13.3. The first-order valence-electron chi connectivity index (χ1n) is 12.7. The fraction of sp³-hybridized carbons (Fsp3) is 0.696. The summed E-state index contributed by atoms with van der Waals surface area (Å²) in [5, 5.41) is 18.7. The molecule has 0 unspecified atom stereocenters. The number of carboxylic acids is 1. The van der Waals surface area contributed by atoms with E-state index in [1.165, 1.54) is 0 Å². The molecule has 0 saturated carbocycles. The molecule has 16 nitrogen and oxygen atoms in total. The summed E-state index contributed by atoms with van der Waals surface area (Å²) in [6.45, 7) is 3.91. The molecule has 0 aliphatic heterocycles. The Bertz CT molecular complexity index is 919. The summed E-state index contributed by atoms with van der Waals surface area (Å²) in [5.41, 5.74) is 21.4. The van der Waals surface area contributed by atoms with Crippen molar-refractivity contribution in [2.45, 2.75) is 82.6 Å². The maximum atomic E-state index is 13.2. The average Bonchev–Trinajstić information content (AvgIpc) is 2.85. The molecule has 0 aromatic heterocycles. The van der Waals surface area contributed by atoms with Crippen LogP contribution in [-0.2, 0) is 33.6 Å². The third-order valence-electron chi connectivity index (χ3n) is 5.51. The van der Waals surface area contributed by atoms with Crippen molar-refractivity contribution in [2.24, 2.45) is 28.9 Å². The van der Waals surface area contributed by atoms with E-state index in [1.54, 1.807) is 13.8 Å². The van der Waals surface area contributed by atoms with E-state index >= 15 is 0 Å². The van der Waals surface area contributed by atoms with Crippen molar-refractivity contribution in [1.82, 2.24) is 21.3 Å². The maximum Gasteiger partial charge on any atom is 0.326 e. The Morgan fingerprint density at radius 2 is 1.18 bits per heavy atom. The lowest BCUT2D eigenvalue weighted by atomic mass is 10.0. The molecule has 0 aliphatic carbocycles. The molecule has 17 heteroatoms. The number of hydrogen-bond acceptors (Lipinski definition) is 10. The predicted octanol–water partition coefficient (Wildman–Crippen LogP) is -3.81. The maximum absolute atomic E-state index is 13.2. The van der Waals surface area contributed by atoms with Crippen LogP contribution in [0.4, 0.5) is 0 Å². The SMILES string of the molecule is CC(C)C[C@H](NC(=O)[C@H](CCCCN)NC(=O)[C@@H](N)CS)C(=O)N[C@@H](CC(N)=O)C(=O)N[C@@H](CC(N)=O)C(=O)O. The molecule has 228 valence electrons. The van der Waals surface area contributed by atoms with Gasteiger partial charge < -0.3 is 49.3 Å². The van der Waals surface area contributed by atoms with Crippen molar-refractivity contribution >= 4 is 54.0 Å². The second kappa shape index (κ2) is 18.8. The van der Waals surface area contributed by atoms with Gasteiger partial charge in [-0.15, -0.1) is 0 Å². The molecule has 0 radical (unpaired) electrons. The monoisotopic (exact) mass is 590 g/mol. The number of primary amides is 2. The van der Waals surface area contributed by atoms with Crippen LogP contribution < -0.4 is 44.2 Å². The zero-order valence-electron chi connectivity index (χ0n) is 22.7. The summed E-state index contributed by atoms with van der Waals surface area (Å²) in [6, 6.07) is -6.59. The predicted molar refractivity (Wildman–Crippen MR) is 147 cm³/mol. The van der Waals surface area contributed by atoms with Crippen molar-refractivity contribution in [1.29, 1.82) is 0 Å². The highest BCUT2D eigenvalue weighted by atomic mass is 32.1. The van der Waals surface area contributed by atoms with E-state index in [9.17, 15) is 38.7 Å². The van der Waals surface area contributed by atoms with E-state index < -0.39 is 84.5 Å². The average molecular weight is 591 g/mol. The fourth-order valence-corrected chi connectivity index (χ4v) is 3.62. The van der Waals surface area contributed by atoms with Gasteiger partial charge >= 0.3 is 5.97 Å². The molecule has 0 fully saturated rings. The minimum atomic E-state index is -1.72. The van der Waals surface area contributed by atoms with Crippen LogP contribution in [0.1, 0.15) is 52.4 Å². The number of aliphatic carboxylic acids is 1. The van der Waals surface area contributed by atoms with Gasteiger partial charge in [-0.2, -0.15) is 12.6 Å². The van der Waals surface area contributed by atoms with E-state index in [4.69, 9.17) is 22.9 Å². The number of nitrogens with two attached hydrogens (primary N) is 4. The standard InChI is InChI=1S/C23H42N8O8S/c1-11(2)7-14(29-20(35)13(5-3-4-6-24)28-19(34)12(25)10-40)21(36)30-15(8-17(26)32)22(37)31-16(23(38)39)9-18(27)33/h11-16,40H,3-10,24-25H2,1-2H3,(H2,26,32)(H2,27,33)(H,28,34)(H,29,35)(H,30,36)(H,31,37)(H,38,39)/t12-,13-,14-,15-,16-/m0/s1. The van der Waals surface area contributed by atoms with Crippen LogP contribution in [0.25, 0.3) is 0 Å². The van der Waals surface area contributed by atoms with Crippen LogP contribution in [-0.4, -0.2) is 89.0 Å². The summed E-state index contributed by atoms with van der Waals surface area (Å²) in [4.78, 5) is 85.5. The Morgan fingerprint density at radius 3 is 1.65 bits per heavy atom. The van der Waals surface area contributed by atoms with Gasteiger partial charge in [0.15, 0.2) is 0 Å². The Labute approximate surface area is 237 Å². The van der Waals surface area contributed by atoms with Crippen molar-refractivity contribution in [3.05, 3.63) is 0 Å². The zero-order chi connectivity index (χ0) is 31.0. The van der Waals surface area contributed by atoms with Crippen molar-refractivity contribution in [3.63, 3.8) is 0 Å². The summed E-state index contributed by atoms with van der Waals surface area (Å²) >= 11 is 3.98. The number of rotatable bonds is 20. The van der Waals surface area contributed by atoms with E-state index in [0.717, 1.165) is 0 Å². The van der Waals surface area contributed by atoms with Gasteiger partial charge in [0.1, 0.15) is 24.2 Å². The zero-order valence-corrected chi connectivity index (χ0v) is 23.6. The Balaban J connectivity index is 5.85. The van der Waals surface area contributed by atoms with E-state index in [1.807, 2.05) is 5.32 Å². The van der Waals surface area contributed by atoms with Crippen LogP contribution in [0.15, 0.2) is 0 Å². The Kier molecular flexibility index (Phi) is 17.2. The van der Waals surface area contributed by atoms with Gasteiger partial charge in [0.05, 0.1) is 18.9 Å². The van der Waals surface area contributed by atoms with Gasteiger partial charge in [-0.25, -0.2) is 4.79 Å². The number of carbonyl (C=O) groups excluding carboxylic acids is 6.